The first-order valence-electron chi connectivity index (χ1n) is 9.84. The molecule has 2 aromatic rings. The van der Waals surface area contributed by atoms with Crippen LogP contribution in [0.2, 0.25) is 0 Å². The second kappa shape index (κ2) is 8.43. The van der Waals surface area contributed by atoms with E-state index in [9.17, 15) is 4.79 Å². The molecule has 0 fully saturated rings. The maximum atomic E-state index is 11.6. The molecule has 3 rings (SSSR count). The summed E-state index contributed by atoms with van der Waals surface area (Å²) in [6, 6.07) is 16.0. The maximum Gasteiger partial charge on any atom is 0.248 e. The fourth-order valence-electron chi connectivity index (χ4n) is 4.34. The minimum Gasteiger partial charge on any atom is -0.379 e. The molecule has 1 amide bonds. The van der Waals surface area contributed by atoms with Gasteiger partial charge in [0.25, 0.3) is 0 Å². The number of rotatable bonds is 7. The number of hydrogen-bond acceptors (Lipinski definition) is 4. The third-order valence-electron chi connectivity index (χ3n) is 6.01. The van der Waals surface area contributed by atoms with Gasteiger partial charge < -0.3 is 21.5 Å². The van der Waals surface area contributed by atoms with Gasteiger partial charge in [-0.15, -0.1) is 0 Å². The van der Waals surface area contributed by atoms with Crippen LogP contribution in [0.4, 0.5) is 0 Å². The number of methoxy groups -OCH3 is 1. The molecule has 0 saturated heterocycles. The van der Waals surface area contributed by atoms with E-state index in [1.807, 2.05) is 30.3 Å². The lowest BCUT2D eigenvalue weighted by Gasteiger charge is -2.45. The highest BCUT2D eigenvalue weighted by molar-refractivity contribution is 5.93. The van der Waals surface area contributed by atoms with Gasteiger partial charge in [0.05, 0.1) is 6.10 Å². The molecule has 0 aliphatic heterocycles. The zero-order valence-corrected chi connectivity index (χ0v) is 16.9. The van der Waals surface area contributed by atoms with E-state index in [-0.39, 0.29) is 23.6 Å². The highest BCUT2D eigenvalue weighted by Gasteiger charge is 2.42. The number of hydrogen-bond donors (Lipinski definition) is 3. The second-order valence-corrected chi connectivity index (χ2v) is 8.17. The van der Waals surface area contributed by atoms with Crippen molar-refractivity contribution in [3.8, 4) is 0 Å². The molecule has 3 unspecified atom stereocenters. The standard InChI is InChI=1S/C23H31N3O2/c1-23(2)18-13-17(22(25)27)10-9-16(18)14-20(28-3)21(23)26-12-11-19(24)15-7-5-4-6-8-15/h4-10,13,19-21,26H,11-12,14,24H2,1-3H3,(H2,25,27). The fourth-order valence-corrected chi connectivity index (χ4v) is 4.34. The van der Waals surface area contributed by atoms with E-state index < -0.39 is 5.91 Å². The number of ether oxygens (including phenoxy) is 1. The van der Waals surface area contributed by atoms with E-state index in [2.05, 4.69) is 31.3 Å². The Hall–Kier alpha value is -2.21. The first-order valence-corrected chi connectivity index (χ1v) is 9.84. The van der Waals surface area contributed by atoms with E-state index in [1.165, 1.54) is 5.56 Å². The van der Waals surface area contributed by atoms with Gasteiger partial charge in [-0.3, -0.25) is 4.79 Å². The minimum atomic E-state index is -0.397. The molecule has 3 atom stereocenters. The van der Waals surface area contributed by atoms with E-state index in [4.69, 9.17) is 16.2 Å². The van der Waals surface area contributed by atoms with Crippen LogP contribution in [0.3, 0.4) is 0 Å². The van der Waals surface area contributed by atoms with Gasteiger partial charge in [-0.2, -0.15) is 0 Å². The van der Waals surface area contributed by atoms with Gasteiger partial charge in [0.2, 0.25) is 5.91 Å². The molecule has 0 bridgehead atoms. The molecule has 0 heterocycles. The Labute approximate surface area is 167 Å². The van der Waals surface area contributed by atoms with Gasteiger partial charge in [0.1, 0.15) is 0 Å². The van der Waals surface area contributed by atoms with E-state index >= 15 is 0 Å². The van der Waals surface area contributed by atoms with Crippen molar-refractivity contribution in [2.45, 2.75) is 50.3 Å². The molecular weight excluding hydrogens is 350 g/mol. The minimum absolute atomic E-state index is 0.00449. The predicted octanol–water partition coefficient (Wildman–Crippen LogP) is 2.68. The fraction of sp³-hybridized carbons (Fsp3) is 0.435. The SMILES string of the molecule is COC1Cc2ccc(C(N)=O)cc2C(C)(C)C1NCCC(N)c1ccccc1. The van der Waals surface area contributed by atoms with Gasteiger partial charge in [-0.1, -0.05) is 50.2 Å². The van der Waals surface area contributed by atoms with Crippen LogP contribution in [0.1, 0.15) is 53.4 Å². The van der Waals surface area contributed by atoms with Gasteiger partial charge in [-0.25, -0.2) is 0 Å². The second-order valence-electron chi connectivity index (χ2n) is 8.17. The van der Waals surface area contributed by atoms with Gasteiger partial charge in [0, 0.05) is 36.6 Å². The summed E-state index contributed by atoms with van der Waals surface area (Å²) in [5.74, 6) is -0.397. The average Bonchev–Trinajstić information content (AvgIpc) is 2.69. The molecule has 0 spiro atoms. The van der Waals surface area contributed by atoms with Crippen LogP contribution in [-0.4, -0.2) is 31.7 Å². The highest BCUT2D eigenvalue weighted by Crippen LogP contribution is 2.38. The number of nitrogens with one attached hydrogen (secondary N) is 1. The van der Waals surface area contributed by atoms with Crippen molar-refractivity contribution in [3.05, 3.63) is 70.8 Å². The summed E-state index contributed by atoms with van der Waals surface area (Å²) in [6.45, 7) is 5.17. The van der Waals surface area contributed by atoms with Gasteiger partial charge in [0.15, 0.2) is 0 Å². The van der Waals surface area contributed by atoms with Gasteiger partial charge >= 0.3 is 0 Å². The lowest BCUT2D eigenvalue weighted by Crippen LogP contribution is -2.57. The average molecular weight is 382 g/mol. The number of nitrogens with two attached hydrogens (primary N) is 2. The van der Waals surface area contributed by atoms with Crippen molar-refractivity contribution in [3.63, 3.8) is 0 Å². The molecule has 5 heteroatoms. The maximum absolute atomic E-state index is 11.6. The number of amides is 1. The molecule has 0 aromatic heterocycles. The first kappa shape index (κ1) is 20.5. The predicted molar refractivity (Wildman–Crippen MR) is 112 cm³/mol. The molecule has 1 aliphatic carbocycles. The Morgan fingerprint density at radius 2 is 1.96 bits per heavy atom. The van der Waals surface area contributed by atoms with Gasteiger partial charge in [-0.05, 0) is 41.8 Å². The summed E-state index contributed by atoms with van der Waals surface area (Å²) in [5, 5.41) is 3.68. The summed E-state index contributed by atoms with van der Waals surface area (Å²) in [5.41, 5.74) is 15.7. The summed E-state index contributed by atoms with van der Waals surface area (Å²) in [7, 11) is 1.76. The number of fused-ring (bicyclic) bond motifs is 1. The van der Waals surface area contributed by atoms with Crippen molar-refractivity contribution in [1.29, 1.82) is 0 Å². The normalized spacial score (nSPS) is 21.7. The Balaban J connectivity index is 1.76. The molecular formula is C23H31N3O2. The van der Waals surface area contributed by atoms with Crippen molar-refractivity contribution >= 4 is 5.91 Å². The number of carbonyl (C=O) groups excluding carboxylic acids is 1. The van der Waals surface area contributed by atoms with Crippen LogP contribution < -0.4 is 16.8 Å². The van der Waals surface area contributed by atoms with Crippen LogP contribution in [0.25, 0.3) is 0 Å². The molecule has 2 aromatic carbocycles. The quantitative estimate of drug-likeness (QED) is 0.688. The summed E-state index contributed by atoms with van der Waals surface area (Å²) in [6.07, 6.45) is 1.69. The number of primary amides is 1. The molecule has 0 saturated carbocycles. The van der Waals surface area contributed by atoms with E-state index in [0.717, 1.165) is 30.5 Å². The van der Waals surface area contributed by atoms with Crippen molar-refractivity contribution in [2.24, 2.45) is 11.5 Å². The molecule has 5 N–H and O–H groups in total. The number of benzene rings is 2. The molecule has 5 nitrogen and oxygen atoms in total. The van der Waals surface area contributed by atoms with Crippen LogP contribution in [-0.2, 0) is 16.6 Å². The molecule has 0 radical (unpaired) electrons. The third-order valence-corrected chi connectivity index (χ3v) is 6.01. The van der Waals surface area contributed by atoms with E-state index in [0.29, 0.717) is 5.56 Å². The van der Waals surface area contributed by atoms with Crippen LogP contribution in [0, 0.1) is 0 Å². The number of carbonyl (C=O) groups is 1. The monoisotopic (exact) mass is 381 g/mol. The topological polar surface area (TPSA) is 90.4 Å². The highest BCUT2D eigenvalue weighted by atomic mass is 16.5. The van der Waals surface area contributed by atoms with Crippen LogP contribution in [0.15, 0.2) is 48.5 Å². The molecule has 150 valence electrons. The Morgan fingerprint density at radius 3 is 2.61 bits per heavy atom. The Bertz CT molecular complexity index is 820. The van der Waals surface area contributed by atoms with Crippen LogP contribution >= 0.6 is 0 Å². The largest absolute Gasteiger partial charge is 0.379 e. The van der Waals surface area contributed by atoms with Crippen molar-refractivity contribution in [2.75, 3.05) is 13.7 Å². The van der Waals surface area contributed by atoms with Crippen LogP contribution in [0.5, 0.6) is 0 Å². The Morgan fingerprint density at radius 1 is 1.25 bits per heavy atom. The van der Waals surface area contributed by atoms with Crippen molar-refractivity contribution in [1.82, 2.24) is 5.32 Å². The summed E-state index contributed by atoms with van der Waals surface area (Å²) >= 11 is 0. The first-order chi connectivity index (χ1) is 13.3. The lowest BCUT2D eigenvalue weighted by molar-refractivity contribution is 0.0354. The van der Waals surface area contributed by atoms with E-state index in [1.54, 1.807) is 13.2 Å². The summed E-state index contributed by atoms with van der Waals surface area (Å²) in [4.78, 5) is 11.6. The smallest absolute Gasteiger partial charge is 0.248 e. The molecule has 1 aliphatic rings. The lowest BCUT2D eigenvalue weighted by atomic mass is 9.67. The third kappa shape index (κ3) is 4.12. The zero-order valence-electron chi connectivity index (χ0n) is 16.9. The zero-order chi connectivity index (χ0) is 20.3. The Kier molecular flexibility index (Phi) is 6.18. The summed E-state index contributed by atoms with van der Waals surface area (Å²) < 4.78 is 5.83. The van der Waals surface area contributed by atoms with Crippen molar-refractivity contribution < 1.29 is 9.53 Å². The molecule has 28 heavy (non-hydrogen) atoms.